The molecule has 1 N–H and O–H groups in total. The third-order valence-electron chi connectivity index (χ3n) is 3.78. The van der Waals surface area contributed by atoms with Crippen LogP contribution in [0.3, 0.4) is 0 Å². The molecule has 112 valence electrons. The van der Waals surface area contributed by atoms with Gasteiger partial charge in [-0.15, -0.1) is 0 Å². The van der Waals surface area contributed by atoms with E-state index in [0.717, 1.165) is 11.1 Å². The summed E-state index contributed by atoms with van der Waals surface area (Å²) in [6.07, 6.45) is 1.44. The van der Waals surface area contributed by atoms with Gasteiger partial charge < -0.3 is 10.0 Å². The quantitative estimate of drug-likeness (QED) is 0.918. The van der Waals surface area contributed by atoms with Crippen molar-refractivity contribution in [2.75, 3.05) is 7.05 Å². The first-order valence-corrected chi connectivity index (χ1v) is 6.47. The molecule has 0 aromatic carbocycles. The zero-order valence-electron chi connectivity index (χ0n) is 12.7. The molecule has 2 heterocycles. The van der Waals surface area contributed by atoms with E-state index in [2.05, 4.69) is 10.1 Å². The van der Waals surface area contributed by atoms with Crippen molar-refractivity contribution in [3.05, 3.63) is 23.5 Å². The number of nitrogens with zero attached hydrogens (tertiary/aromatic N) is 4. The average Bonchev–Trinajstić information content (AvgIpc) is 2.71. The van der Waals surface area contributed by atoms with E-state index in [1.54, 1.807) is 17.8 Å². The molecule has 2 rings (SSSR count). The summed E-state index contributed by atoms with van der Waals surface area (Å²) >= 11 is 0. The lowest BCUT2D eigenvalue weighted by molar-refractivity contribution is -0.147. The molecule has 0 fully saturated rings. The van der Waals surface area contributed by atoms with E-state index >= 15 is 0 Å². The number of aromatic nitrogens is 3. The first-order valence-electron chi connectivity index (χ1n) is 6.47. The number of rotatable bonds is 3. The Kier molecular flexibility index (Phi) is 3.44. The number of carbonyl (C=O) groups is 2. The molecule has 0 bridgehead atoms. The van der Waals surface area contributed by atoms with Crippen molar-refractivity contribution >= 4 is 22.9 Å². The standard InChI is InChI=1S/C14H18N4O3/c1-8-10-6-9(7-15-11(10)18(5)16-8)12(19)17(4)14(2,3)13(20)21/h6-7H,1-5H3,(H,20,21). The molecule has 0 aliphatic heterocycles. The second kappa shape index (κ2) is 4.83. The fourth-order valence-electron chi connectivity index (χ4n) is 2.02. The molecule has 0 radical (unpaired) electrons. The first-order chi connectivity index (χ1) is 9.66. The van der Waals surface area contributed by atoms with Crippen molar-refractivity contribution in [1.82, 2.24) is 19.7 Å². The summed E-state index contributed by atoms with van der Waals surface area (Å²) in [6.45, 7) is 4.80. The normalized spacial score (nSPS) is 11.7. The molecule has 0 spiro atoms. The number of fused-ring (bicyclic) bond motifs is 1. The highest BCUT2D eigenvalue weighted by molar-refractivity contribution is 5.99. The van der Waals surface area contributed by atoms with E-state index < -0.39 is 11.5 Å². The van der Waals surface area contributed by atoms with Crippen LogP contribution in [0.1, 0.15) is 29.9 Å². The van der Waals surface area contributed by atoms with Gasteiger partial charge in [0.05, 0.1) is 11.3 Å². The van der Waals surface area contributed by atoms with Crippen LogP contribution in [0, 0.1) is 6.92 Å². The summed E-state index contributed by atoms with van der Waals surface area (Å²) < 4.78 is 1.64. The number of likely N-dealkylation sites (N-methyl/N-ethyl adjacent to an activating group) is 1. The van der Waals surface area contributed by atoms with Gasteiger partial charge in [-0.3, -0.25) is 9.48 Å². The lowest BCUT2D eigenvalue weighted by Gasteiger charge is -2.31. The molecule has 21 heavy (non-hydrogen) atoms. The minimum atomic E-state index is -1.30. The molecule has 2 aromatic heterocycles. The number of pyridine rings is 1. The van der Waals surface area contributed by atoms with Gasteiger partial charge in [-0.2, -0.15) is 5.10 Å². The molecule has 0 aliphatic rings. The van der Waals surface area contributed by atoms with E-state index in [1.165, 1.54) is 32.0 Å². The van der Waals surface area contributed by atoms with Gasteiger partial charge >= 0.3 is 5.97 Å². The largest absolute Gasteiger partial charge is 0.480 e. The van der Waals surface area contributed by atoms with Gasteiger partial charge in [0.2, 0.25) is 0 Å². The molecule has 0 aliphatic carbocycles. The second-order valence-corrected chi connectivity index (χ2v) is 5.53. The Morgan fingerprint density at radius 2 is 2.00 bits per heavy atom. The van der Waals surface area contributed by atoms with Crippen LogP contribution < -0.4 is 0 Å². The maximum Gasteiger partial charge on any atom is 0.329 e. The van der Waals surface area contributed by atoms with Crippen LogP contribution in [0.4, 0.5) is 0 Å². The Morgan fingerprint density at radius 1 is 1.38 bits per heavy atom. The topological polar surface area (TPSA) is 88.3 Å². The van der Waals surface area contributed by atoms with E-state index in [1.807, 2.05) is 6.92 Å². The van der Waals surface area contributed by atoms with Gasteiger partial charge in [-0.05, 0) is 26.8 Å². The van der Waals surface area contributed by atoms with E-state index in [0.29, 0.717) is 11.2 Å². The molecule has 7 nitrogen and oxygen atoms in total. The SMILES string of the molecule is Cc1nn(C)c2ncc(C(=O)N(C)C(C)(C)C(=O)O)cc12. The molecular weight excluding hydrogens is 272 g/mol. The molecule has 0 saturated carbocycles. The zero-order valence-corrected chi connectivity index (χ0v) is 12.7. The summed E-state index contributed by atoms with van der Waals surface area (Å²) in [5, 5.41) is 14.2. The zero-order chi connectivity index (χ0) is 15.9. The van der Waals surface area contributed by atoms with Crippen LogP contribution in [0.5, 0.6) is 0 Å². The Bertz CT molecular complexity index is 733. The van der Waals surface area contributed by atoms with Crippen LogP contribution in [0.25, 0.3) is 11.0 Å². The average molecular weight is 290 g/mol. The van der Waals surface area contributed by atoms with Gasteiger partial charge in [-0.1, -0.05) is 0 Å². The minimum absolute atomic E-state index is 0.343. The van der Waals surface area contributed by atoms with Gasteiger partial charge in [0.15, 0.2) is 5.65 Å². The number of amides is 1. The lowest BCUT2D eigenvalue weighted by atomic mass is 10.0. The summed E-state index contributed by atoms with van der Waals surface area (Å²) in [5.41, 5.74) is 0.505. The number of aryl methyl sites for hydroxylation is 2. The van der Waals surface area contributed by atoms with Crippen molar-refractivity contribution in [3.63, 3.8) is 0 Å². The Balaban J connectivity index is 2.45. The molecule has 2 aromatic rings. The predicted octanol–water partition coefficient (Wildman–Crippen LogP) is 1.21. The Hall–Kier alpha value is -2.44. The summed E-state index contributed by atoms with van der Waals surface area (Å²) in [5.74, 6) is -1.45. The van der Waals surface area contributed by atoms with Crippen molar-refractivity contribution in [1.29, 1.82) is 0 Å². The number of hydrogen-bond donors (Lipinski definition) is 1. The van der Waals surface area contributed by atoms with E-state index in [-0.39, 0.29) is 5.91 Å². The van der Waals surface area contributed by atoms with Crippen LogP contribution in [0.2, 0.25) is 0 Å². The summed E-state index contributed by atoms with van der Waals surface area (Å²) in [7, 11) is 3.25. The Morgan fingerprint density at radius 3 is 2.57 bits per heavy atom. The van der Waals surface area contributed by atoms with Crippen LogP contribution in [-0.4, -0.2) is 49.2 Å². The number of hydrogen-bond acceptors (Lipinski definition) is 4. The highest BCUT2D eigenvalue weighted by atomic mass is 16.4. The highest BCUT2D eigenvalue weighted by Gasteiger charge is 2.35. The number of carboxylic acid groups (broad SMARTS) is 1. The fourth-order valence-corrected chi connectivity index (χ4v) is 2.02. The lowest BCUT2D eigenvalue weighted by Crippen LogP contribution is -2.50. The van der Waals surface area contributed by atoms with Gasteiger partial charge in [0.25, 0.3) is 5.91 Å². The number of aliphatic carboxylic acids is 1. The fraction of sp³-hybridized carbons (Fsp3) is 0.429. The van der Waals surface area contributed by atoms with Crippen LogP contribution in [0.15, 0.2) is 12.3 Å². The maximum absolute atomic E-state index is 12.5. The van der Waals surface area contributed by atoms with E-state index in [4.69, 9.17) is 0 Å². The van der Waals surface area contributed by atoms with Gasteiger partial charge in [0.1, 0.15) is 5.54 Å². The van der Waals surface area contributed by atoms with Crippen molar-refractivity contribution in [2.45, 2.75) is 26.3 Å². The first kappa shape index (κ1) is 15.0. The smallest absolute Gasteiger partial charge is 0.329 e. The van der Waals surface area contributed by atoms with Crippen LogP contribution in [-0.2, 0) is 11.8 Å². The highest BCUT2D eigenvalue weighted by Crippen LogP contribution is 2.20. The van der Waals surface area contributed by atoms with Gasteiger partial charge in [0, 0.05) is 25.7 Å². The molecule has 1 amide bonds. The monoisotopic (exact) mass is 290 g/mol. The third-order valence-corrected chi connectivity index (χ3v) is 3.78. The second-order valence-electron chi connectivity index (χ2n) is 5.53. The van der Waals surface area contributed by atoms with Crippen molar-refractivity contribution < 1.29 is 14.7 Å². The molecule has 0 atom stereocenters. The number of carboxylic acids is 1. The van der Waals surface area contributed by atoms with Crippen LogP contribution >= 0.6 is 0 Å². The van der Waals surface area contributed by atoms with Gasteiger partial charge in [-0.25, -0.2) is 9.78 Å². The van der Waals surface area contributed by atoms with Crippen molar-refractivity contribution in [2.24, 2.45) is 7.05 Å². The molecule has 0 unspecified atom stereocenters. The maximum atomic E-state index is 12.5. The predicted molar refractivity (Wildman–Crippen MR) is 77.1 cm³/mol. The number of carbonyl (C=O) groups excluding carboxylic acids is 1. The third kappa shape index (κ3) is 2.35. The molecule has 0 saturated heterocycles. The summed E-state index contributed by atoms with van der Waals surface area (Å²) in [4.78, 5) is 29.1. The molecular formula is C14H18N4O3. The van der Waals surface area contributed by atoms with Crippen molar-refractivity contribution in [3.8, 4) is 0 Å². The Labute approximate surface area is 122 Å². The minimum Gasteiger partial charge on any atom is -0.480 e. The summed E-state index contributed by atoms with van der Waals surface area (Å²) in [6, 6.07) is 1.70. The van der Waals surface area contributed by atoms with E-state index in [9.17, 15) is 14.7 Å². The molecule has 7 heteroatoms.